The van der Waals surface area contributed by atoms with Crippen LogP contribution in [0.15, 0.2) is 36.4 Å². The van der Waals surface area contributed by atoms with Crippen LogP contribution in [0.1, 0.15) is 16.7 Å². The van der Waals surface area contributed by atoms with Gasteiger partial charge in [-0.2, -0.15) is 26.3 Å². The van der Waals surface area contributed by atoms with Gasteiger partial charge in [0.2, 0.25) is 0 Å². The number of hydrogen-bond acceptors (Lipinski definition) is 3. The Labute approximate surface area is 161 Å². The third-order valence-corrected chi connectivity index (χ3v) is 4.30. The van der Waals surface area contributed by atoms with Crippen LogP contribution in [0.4, 0.5) is 26.3 Å². The third kappa shape index (κ3) is 4.82. The molecule has 2 aromatic rings. The first-order valence-corrected chi connectivity index (χ1v) is 8.49. The first kappa shape index (κ1) is 20.6. The van der Waals surface area contributed by atoms with Crippen LogP contribution >= 0.6 is 11.6 Å². The van der Waals surface area contributed by atoms with E-state index in [1.54, 1.807) is 0 Å². The van der Waals surface area contributed by atoms with Crippen LogP contribution in [0.5, 0.6) is 11.5 Å². The van der Waals surface area contributed by atoms with Crippen LogP contribution in [-0.2, 0) is 19.0 Å². The van der Waals surface area contributed by atoms with E-state index in [-0.39, 0.29) is 23.7 Å². The second-order valence-electron chi connectivity index (χ2n) is 6.15. The van der Waals surface area contributed by atoms with Gasteiger partial charge in [-0.15, -0.1) is 0 Å². The SMILES string of the molecule is FC(F)(F)c1ccc(COc2ccc(Cl)cc2OC2CNC2)c(C(F)(F)F)c1. The van der Waals surface area contributed by atoms with Gasteiger partial charge in [0.1, 0.15) is 12.7 Å². The lowest BCUT2D eigenvalue weighted by atomic mass is 10.0. The van der Waals surface area contributed by atoms with Gasteiger partial charge in [-0.1, -0.05) is 17.7 Å². The highest BCUT2D eigenvalue weighted by Gasteiger charge is 2.38. The molecule has 1 aliphatic heterocycles. The van der Waals surface area contributed by atoms with Crippen molar-refractivity contribution in [3.8, 4) is 11.5 Å². The topological polar surface area (TPSA) is 30.5 Å². The normalized spacial score (nSPS) is 15.2. The zero-order valence-electron chi connectivity index (χ0n) is 14.1. The van der Waals surface area contributed by atoms with Gasteiger partial charge in [-0.25, -0.2) is 0 Å². The van der Waals surface area contributed by atoms with Crippen molar-refractivity contribution in [1.82, 2.24) is 5.32 Å². The van der Waals surface area contributed by atoms with Gasteiger partial charge in [0.25, 0.3) is 0 Å². The molecule has 10 heteroatoms. The fraction of sp³-hybridized carbons (Fsp3) is 0.333. The summed E-state index contributed by atoms with van der Waals surface area (Å²) < 4.78 is 89.0. The van der Waals surface area contributed by atoms with Gasteiger partial charge in [0, 0.05) is 29.7 Å². The monoisotopic (exact) mass is 425 g/mol. The summed E-state index contributed by atoms with van der Waals surface area (Å²) in [4.78, 5) is 0. The number of benzene rings is 2. The summed E-state index contributed by atoms with van der Waals surface area (Å²) in [6.45, 7) is 0.611. The molecule has 0 spiro atoms. The molecule has 0 aliphatic carbocycles. The van der Waals surface area contributed by atoms with E-state index < -0.39 is 35.6 Å². The number of halogens is 7. The van der Waals surface area contributed by atoms with Crippen molar-refractivity contribution in [3.63, 3.8) is 0 Å². The summed E-state index contributed by atoms with van der Waals surface area (Å²) >= 11 is 5.92. The average molecular weight is 426 g/mol. The molecule has 3 rings (SSSR count). The third-order valence-electron chi connectivity index (χ3n) is 4.07. The van der Waals surface area contributed by atoms with Gasteiger partial charge < -0.3 is 14.8 Å². The molecular weight excluding hydrogens is 412 g/mol. The maximum atomic E-state index is 13.2. The molecule has 0 atom stereocenters. The van der Waals surface area contributed by atoms with Crippen molar-refractivity contribution in [1.29, 1.82) is 0 Å². The van der Waals surface area contributed by atoms with Gasteiger partial charge >= 0.3 is 12.4 Å². The Kier molecular flexibility index (Phi) is 5.67. The lowest BCUT2D eigenvalue weighted by Gasteiger charge is -2.28. The largest absolute Gasteiger partial charge is 0.485 e. The Balaban J connectivity index is 1.84. The van der Waals surface area contributed by atoms with E-state index >= 15 is 0 Å². The van der Waals surface area contributed by atoms with E-state index in [9.17, 15) is 26.3 Å². The Morgan fingerprint density at radius 1 is 0.929 bits per heavy atom. The van der Waals surface area contributed by atoms with Crippen LogP contribution in [0.3, 0.4) is 0 Å². The minimum Gasteiger partial charge on any atom is -0.485 e. The van der Waals surface area contributed by atoms with Crippen LogP contribution < -0.4 is 14.8 Å². The molecule has 0 amide bonds. The van der Waals surface area contributed by atoms with Crippen LogP contribution in [0, 0.1) is 0 Å². The first-order valence-electron chi connectivity index (χ1n) is 8.11. The van der Waals surface area contributed by atoms with Crippen LogP contribution in [-0.4, -0.2) is 19.2 Å². The highest BCUT2D eigenvalue weighted by atomic mass is 35.5. The number of ether oxygens (including phenoxy) is 2. The Bertz CT molecular complexity index is 849. The molecule has 152 valence electrons. The highest BCUT2D eigenvalue weighted by molar-refractivity contribution is 6.30. The van der Waals surface area contributed by atoms with Crippen molar-refractivity contribution in [3.05, 3.63) is 58.1 Å². The van der Waals surface area contributed by atoms with Crippen molar-refractivity contribution in [2.24, 2.45) is 0 Å². The predicted octanol–water partition coefficient (Wildman–Crippen LogP) is 5.31. The summed E-state index contributed by atoms with van der Waals surface area (Å²) in [5.74, 6) is 0.392. The average Bonchev–Trinajstić information content (AvgIpc) is 2.55. The van der Waals surface area contributed by atoms with Gasteiger partial charge in [-0.3, -0.25) is 0 Å². The van der Waals surface area contributed by atoms with Gasteiger partial charge in [0.05, 0.1) is 11.1 Å². The molecule has 0 radical (unpaired) electrons. The molecule has 0 aromatic heterocycles. The molecule has 1 fully saturated rings. The van der Waals surface area contributed by atoms with Crippen molar-refractivity contribution >= 4 is 11.6 Å². The van der Waals surface area contributed by atoms with E-state index in [0.29, 0.717) is 24.2 Å². The number of nitrogens with one attached hydrogen (secondary N) is 1. The summed E-state index contributed by atoms with van der Waals surface area (Å²) in [6, 6.07) is 5.80. The van der Waals surface area contributed by atoms with E-state index in [1.165, 1.54) is 18.2 Å². The zero-order chi connectivity index (χ0) is 20.5. The molecule has 1 saturated heterocycles. The smallest absolute Gasteiger partial charge is 0.416 e. The number of alkyl halides is 6. The molecule has 28 heavy (non-hydrogen) atoms. The standard InChI is InChI=1S/C18H14ClF6NO2/c19-12-3-4-15(16(6-12)28-13-7-26-8-13)27-9-10-1-2-11(17(20,21)22)5-14(10)18(23,24)25/h1-6,13,26H,7-9H2. The molecule has 0 unspecified atom stereocenters. The van der Waals surface area contributed by atoms with Crippen LogP contribution in [0.2, 0.25) is 5.02 Å². The van der Waals surface area contributed by atoms with E-state index in [2.05, 4.69) is 5.32 Å². The minimum atomic E-state index is -4.96. The van der Waals surface area contributed by atoms with Gasteiger partial charge in [0.15, 0.2) is 11.5 Å². The second-order valence-corrected chi connectivity index (χ2v) is 6.58. The van der Waals surface area contributed by atoms with E-state index in [1.807, 2.05) is 0 Å². The summed E-state index contributed by atoms with van der Waals surface area (Å²) in [6.07, 6.45) is -9.97. The fourth-order valence-electron chi connectivity index (χ4n) is 2.52. The summed E-state index contributed by atoms with van der Waals surface area (Å²) in [7, 11) is 0. The van der Waals surface area contributed by atoms with Crippen molar-refractivity contribution in [2.45, 2.75) is 25.1 Å². The Morgan fingerprint density at radius 2 is 1.64 bits per heavy atom. The lowest BCUT2D eigenvalue weighted by molar-refractivity contribution is -0.143. The molecule has 2 aromatic carbocycles. The quantitative estimate of drug-likeness (QED) is 0.659. The first-order chi connectivity index (χ1) is 13.0. The van der Waals surface area contributed by atoms with Crippen LogP contribution in [0.25, 0.3) is 0 Å². The molecule has 3 nitrogen and oxygen atoms in total. The Morgan fingerprint density at radius 3 is 2.21 bits per heavy atom. The fourth-order valence-corrected chi connectivity index (χ4v) is 2.68. The molecular formula is C18H14ClF6NO2. The summed E-state index contributed by atoms with van der Waals surface area (Å²) in [5.41, 5.74) is -3.20. The lowest BCUT2D eigenvalue weighted by Crippen LogP contribution is -2.50. The maximum Gasteiger partial charge on any atom is 0.416 e. The maximum absolute atomic E-state index is 13.2. The molecule has 1 heterocycles. The summed E-state index contributed by atoms with van der Waals surface area (Å²) in [5, 5.41) is 3.35. The number of rotatable bonds is 5. The number of hydrogen-bond donors (Lipinski definition) is 1. The molecule has 0 saturated carbocycles. The van der Waals surface area contributed by atoms with E-state index in [0.717, 1.165) is 6.07 Å². The highest BCUT2D eigenvalue weighted by Crippen LogP contribution is 2.38. The zero-order valence-corrected chi connectivity index (χ0v) is 14.9. The minimum absolute atomic E-state index is 0.0813. The van der Waals surface area contributed by atoms with E-state index in [4.69, 9.17) is 21.1 Å². The van der Waals surface area contributed by atoms with Crippen molar-refractivity contribution < 1.29 is 35.8 Å². The molecule has 0 bridgehead atoms. The molecule has 1 N–H and O–H groups in total. The second kappa shape index (κ2) is 7.71. The predicted molar refractivity (Wildman–Crippen MR) is 89.5 cm³/mol. The molecule has 1 aliphatic rings. The Hall–Kier alpha value is -2.13. The van der Waals surface area contributed by atoms with Crippen molar-refractivity contribution in [2.75, 3.05) is 13.1 Å². The van der Waals surface area contributed by atoms with Gasteiger partial charge in [-0.05, 0) is 24.3 Å².